The van der Waals surface area contributed by atoms with E-state index in [1.54, 1.807) is 36.1 Å². The van der Waals surface area contributed by atoms with Gasteiger partial charge in [-0.05, 0) is 42.0 Å². The van der Waals surface area contributed by atoms with Crippen molar-refractivity contribution < 1.29 is 26.8 Å². The zero-order chi connectivity index (χ0) is 27.9. The third-order valence-electron chi connectivity index (χ3n) is 6.93. The van der Waals surface area contributed by atoms with E-state index in [0.29, 0.717) is 49.1 Å². The maximum Gasteiger partial charge on any atom is 0.416 e. The molecule has 1 aliphatic rings. The number of aryl methyl sites for hydroxylation is 1. The first-order valence-electron chi connectivity index (χ1n) is 12.7. The van der Waals surface area contributed by atoms with Crippen LogP contribution in [0.5, 0.6) is 0 Å². The average Bonchev–Trinajstić information content (AvgIpc) is 3.59. The Morgan fingerprint density at radius 1 is 0.900 bits per heavy atom. The van der Waals surface area contributed by atoms with E-state index in [4.69, 9.17) is 8.83 Å². The van der Waals surface area contributed by atoms with E-state index >= 15 is 0 Å². The van der Waals surface area contributed by atoms with Gasteiger partial charge in [0.1, 0.15) is 11.6 Å². The highest BCUT2D eigenvalue weighted by Gasteiger charge is 2.32. The first kappa shape index (κ1) is 25.8. The predicted molar refractivity (Wildman–Crippen MR) is 139 cm³/mol. The molecule has 5 aromatic rings. The summed E-state index contributed by atoms with van der Waals surface area (Å²) in [5.41, 5.74) is 1.51. The number of hydrogen-bond donors (Lipinski definition) is 0. The molecule has 1 unspecified atom stereocenters. The van der Waals surface area contributed by atoms with E-state index in [1.165, 1.54) is 6.07 Å². The van der Waals surface area contributed by atoms with E-state index in [9.17, 15) is 18.0 Å². The summed E-state index contributed by atoms with van der Waals surface area (Å²) in [5, 5.41) is 8.26. The number of rotatable bonds is 5. The maximum atomic E-state index is 13.4. The monoisotopic (exact) mass is 547 g/mol. The average molecular weight is 548 g/mol. The standard InChI is InChI=1S/C29H24F3N5O3/c1-18-34-35-27(39-18)25(19-6-3-2-4-7-19)36-12-14-37(15-13-36)28(38)21-9-5-8-20(16-21)26-33-23-17-22(29(30,31)32)10-11-24(23)40-26/h2-11,16-17,25H,12-15H2,1H3. The number of aromatic nitrogens is 3. The molecule has 1 fully saturated rings. The second-order valence-electron chi connectivity index (χ2n) is 9.58. The van der Waals surface area contributed by atoms with Crippen molar-refractivity contribution in [2.75, 3.05) is 26.2 Å². The molecule has 6 rings (SSSR count). The third kappa shape index (κ3) is 5.07. The summed E-state index contributed by atoms with van der Waals surface area (Å²) in [6.45, 7) is 3.92. The Labute approximate surface area is 227 Å². The molecular formula is C29H24F3N5O3. The fraction of sp³-hybridized carbons (Fsp3) is 0.241. The molecule has 0 N–H and O–H groups in total. The van der Waals surface area contributed by atoms with Gasteiger partial charge < -0.3 is 13.7 Å². The molecule has 204 valence electrons. The number of carbonyl (C=O) groups excluding carboxylic acids is 1. The molecule has 3 heterocycles. The number of alkyl halides is 3. The van der Waals surface area contributed by atoms with Gasteiger partial charge in [0.05, 0.1) is 5.56 Å². The van der Waals surface area contributed by atoms with Crippen LogP contribution in [0, 0.1) is 6.92 Å². The highest BCUT2D eigenvalue weighted by Crippen LogP contribution is 2.33. The van der Waals surface area contributed by atoms with Gasteiger partial charge in [-0.1, -0.05) is 36.4 Å². The Kier molecular flexibility index (Phi) is 6.59. The van der Waals surface area contributed by atoms with E-state index in [0.717, 1.165) is 17.7 Å². The number of carbonyl (C=O) groups is 1. The Balaban J connectivity index is 1.19. The summed E-state index contributed by atoms with van der Waals surface area (Å²) in [6.07, 6.45) is -4.48. The molecule has 0 saturated carbocycles. The van der Waals surface area contributed by atoms with Crippen LogP contribution >= 0.6 is 0 Å². The van der Waals surface area contributed by atoms with Gasteiger partial charge in [0.25, 0.3) is 5.91 Å². The zero-order valence-corrected chi connectivity index (χ0v) is 21.4. The van der Waals surface area contributed by atoms with Crippen molar-refractivity contribution in [1.29, 1.82) is 0 Å². The van der Waals surface area contributed by atoms with E-state index < -0.39 is 11.7 Å². The highest BCUT2D eigenvalue weighted by molar-refractivity contribution is 5.95. The molecule has 3 aromatic carbocycles. The molecule has 1 atom stereocenters. The van der Waals surface area contributed by atoms with Crippen molar-refractivity contribution in [3.8, 4) is 11.5 Å². The summed E-state index contributed by atoms with van der Waals surface area (Å²) in [4.78, 5) is 21.7. The van der Waals surface area contributed by atoms with Crippen LogP contribution in [0.25, 0.3) is 22.6 Å². The predicted octanol–water partition coefficient (Wildman–Crippen LogP) is 5.75. The van der Waals surface area contributed by atoms with Crippen LogP contribution in [-0.2, 0) is 6.18 Å². The number of benzene rings is 3. The maximum absolute atomic E-state index is 13.4. The first-order chi connectivity index (χ1) is 19.3. The molecule has 1 saturated heterocycles. The quantitative estimate of drug-likeness (QED) is 0.277. The molecule has 8 nitrogen and oxygen atoms in total. The number of hydrogen-bond acceptors (Lipinski definition) is 7. The molecule has 0 aliphatic carbocycles. The van der Waals surface area contributed by atoms with Gasteiger partial charge >= 0.3 is 6.18 Å². The Hall–Kier alpha value is -4.51. The number of fused-ring (bicyclic) bond motifs is 1. The van der Waals surface area contributed by atoms with Crippen LogP contribution in [0.1, 0.15) is 39.3 Å². The molecule has 1 aliphatic heterocycles. The lowest BCUT2D eigenvalue weighted by Crippen LogP contribution is -2.50. The SMILES string of the molecule is Cc1nnc(C(c2ccccc2)N2CCN(C(=O)c3cccc(-c4nc5cc(C(F)(F)F)ccc5o4)c3)CC2)o1. The van der Waals surface area contributed by atoms with Crippen LogP contribution in [0.15, 0.2) is 81.6 Å². The third-order valence-corrected chi connectivity index (χ3v) is 6.93. The van der Waals surface area contributed by atoms with Gasteiger partial charge in [-0.2, -0.15) is 13.2 Å². The van der Waals surface area contributed by atoms with Gasteiger partial charge in [0.2, 0.25) is 17.7 Å². The van der Waals surface area contributed by atoms with E-state index in [1.807, 2.05) is 30.3 Å². The zero-order valence-electron chi connectivity index (χ0n) is 21.4. The molecule has 40 heavy (non-hydrogen) atoms. The molecule has 11 heteroatoms. The van der Waals surface area contributed by atoms with Gasteiger partial charge in [0, 0.05) is 44.2 Å². The van der Waals surface area contributed by atoms with Crippen molar-refractivity contribution in [1.82, 2.24) is 25.0 Å². The lowest BCUT2D eigenvalue weighted by molar-refractivity contribution is -0.137. The van der Waals surface area contributed by atoms with E-state index in [-0.39, 0.29) is 28.9 Å². The van der Waals surface area contributed by atoms with Gasteiger partial charge in [-0.3, -0.25) is 9.69 Å². The Morgan fingerprint density at radius 3 is 2.38 bits per heavy atom. The minimum Gasteiger partial charge on any atom is -0.436 e. The lowest BCUT2D eigenvalue weighted by atomic mass is 10.0. The number of amides is 1. The number of piperazine rings is 1. The lowest BCUT2D eigenvalue weighted by Gasteiger charge is -2.38. The topological polar surface area (TPSA) is 88.5 Å². The Bertz CT molecular complexity index is 1660. The molecule has 1 amide bonds. The Morgan fingerprint density at radius 2 is 1.68 bits per heavy atom. The summed E-state index contributed by atoms with van der Waals surface area (Å²) in [6, 6.07) is 19.6. The molecule has 2 aromatic heterocycles. The summed E-state index contributed by atoms with van der Waals surface area (Å²) in [5.74, 6) is 0.998. The minimum absolute atomic E-state index is 0.0992. The number of nitrogens with zero attached hydrogens (tertiary/aromatic N) is 5. The second-order valence-corrected chi connectivity index (χ2v) is 9.58. The summed E-state index contributed by atoms with van der Waals surface area (Å²) < 4.78 is 50.8. The minimum atomic E-state index is -4.48. The van der Waals surface area contributed by atoms with Crippen molar-refractivity contribution >= 4 is 17.0 Å². The van der Waals surface area contributed by atoms with Crippen LogP contribution < -0.4 is 0 Å². The number of oxazole rings is 1. The number of halogens is 3. The summed E-state index contributed by atoms with van der Waals surface area (Å²) >= 11 is 0. The van der Waals surface area contributed by atoms with Crippen molar-refractivity contribution in [2.45, 2.75) is 19.1 Å². The molecular weight excluding hydrogens is 523 g/mol. The first-order valence-corrected chi connectivity index (χ1v) is 12.7. The van der Waals surface area contributed by atoms with Crippen LogP contribution in [0.4, 0.5) is 13.2 Å². The molecule has 0 spiro atoms. The van der Waals surface area contributed by atoms with Gasteiger partial charge in [-0.25, -0.2) is 4.98 Å². The van der Waals surface area contributed by atoms with Crippen LogP contribution in [-0.4, -0.2) is 57.1 Å². The van der Waals surface area contributed by atoms with Crippen LogP contribution in [0.3, 0.4) is 0 Å². The van der Waals surface area contributed by atoms with Gasteiger partial charge in [-0.15, -0.1) is 10.2 Å². The van der Waals surface area contributed by atoms with E-state index in [2.05, 4.69) is 20.1 Å². The largest absolute Gasteiger partial charge is 0.436 e. The normalized spacial score (nSPS) is 15.4. The molecule has 0 radical (unpaired) electrons. The van der Waals surface area contributed by atoms with Crippen molar-refractivity contribution in [3.05, 3.63) is 101 Å². The fourth-order valence-electron chi connectivity index (χ4n) is 4.95. The highest BCUT2D eigenvalue weighted by atomic mass is 19.4. The summed E-state index contributed by atoms with van der Waals surface area (Å²) in [7, 11) is 0. The molecule has 0 bridgehead atoms. The van der Waals surface area contributed by atoms with Crippen molar-refractivity contribution in [3.63, 3.8) is 0 Å². The smallest absolute Gasteiger partial charge is 0.416 e. The van der Waals surface area contributed by atoms with Crippen molar-refractivity contribution in [2.24, 2.45) is 0 Å². The van der Waals surface area contributed by atoms with Crippen LogP contribution in [0.2, 0.25) is 0 Å². The second kappa shape index (κ2) is 10.2. The van der Waals surface area contributed by atoms with Gasteiger partial charge in [0.15, 0.2) is 5.58 Å². The fourth-order valence-corrected chi connectivity index (χ4v) is 4.95.